The van der Waals surface area contributed by atoms with Crippen LogP contribution in [0.4, 0.5) is 13.2 Å². The first-order chi connectivity index (χ1) is 16.2. The van der Waals surface area contributed by atoms with E-state index in [1.807, 2.05) is 27.7 Å². The van der Waals surface area contributed by atoms with Crippen LogP contribution in [0.5, 0.6) is 5.75 Å². The Bertz CT molecular complexity index is 1110. The van der Waals surface area contributed by atoms with Gasteiger partial charge in [-0.2, -0.15) is 0 Å². The van der Waals surface area contributed by atoms with Crippen LogP contribution in [0.25, 0.3) is 5.69 Å². The Morgan fingerprint density at radius 1 is 0.971 bits per heavy atom. The first kappa shape index (κ1) is 31.1. The van der Waals surface area contributed by atoms with E-state index in [1.165, 1.54) is 18.7 Å². The van der Waals surface area contributed by atoms with Gasteiger partial charge in [-0.15, -0.1) is 0 Å². The highest BCUT2D eigenvalue weighted by Crippen LogP contribution is 2.24. The van der Waals surface area contributed by atoms with Crippen LogP contribution in [0.1, 0.15) is 64.9 Å². The molecule has 3 heterocycles. The minimum absolute atomic E-state index is 0.00436. The van der Waals surface area contributed by atoms with Gasteiger partial charge in [0, 0.05) is 30.1 Å². The maximum atomic E-state index is 14.4. The second-order valence-corrected chi connectivity index (χ2v) is 6.84. The van der Waals surface area contributed by atoms with Gasteiger partial charge in [-0.25, -0.2) is 18.2 Å². The molecule has 0 saturated heterocycles. The van der Waals surface area contributed by atoms with E-state index in [1.54, 1.807) is 13.8 Å². The quantitative estimate of drug-likeness (QED) is 0.352. The fourth-order valence-electron chi connectivity index (χ4n) is 2.56. The van der Waals surface area contributed by atoms with Crippen molar-refractivity contribution in [2.75, 3.05) is 0 Å². The van der Waals surface area contributed by atoms with E-state index >= 15 is 0 Å². The molecule has 9 heteroatoms. The van der Waals surface area contributed by atoms with Crippen LogP contribution < -0.4 is 10.3 Å². The van der Waals surface area contributed by atoms with E-state index in [2.05, 4.69) is 23.8 Å². The van der Waals surface area contributed by atoms with Crippen LogP contribution in [0.3, 0.4) is 0 Å². The molecule has 0 N–H and O–H groups in total. The van der Waals surface area contributed by atoms with Crippen molar-refractivity contribution in [3.63, 3.8) is 0 Å². The van der Waals surface area contributed by atoms with Crippen molar-refractivity contribution in [1.82, 2.24) is 14.5 Å². The third kappa shape index (κ3) is 8.48. The SMILES string of the molecule is CC.CC.CCC.Cc1cnc(Cl)c(F)c1-n1c(C)cc(OCc2ncc(F)cc2F)cc1=O. The Morgan fingerprint density at radius 3 is 2.09 bits per heavy atom. The van der Waals surface area contributed by atoms with Crippen molar-refractivity contribution < 1.29 is 17.9 Å². The first-order valence-electron chi connectivity index (χ1n) is 11.2. The molecule has 0 radical (unpaired) electrons. The van der Waals surface area contributed by atoms with Gasteiger partial charge in [0.15, 0.2) is 16.8 Å². The summed E-state index contributed by atoms with van der Waals surface area (Å²) in [7, 11) is 0. The fourth-order valence-corrected chi connectivity index (χ4v) is 2.70. The number of hydrogen-bond donors (Lipinski definition) is 0. The maximum absolute atomic E-state index is 14.4. The molecule has 0 fully saturated rings. The van der Waals surface area contributed by atoms with E-state index in [4.69, 9.17) is 16.3 Å². The van der Waals surface area contributed by atoms with Gasteiger partial charge in [0.05, 0.1) is 11.9 Å². The van der Waals surface area contributed by atoms with Gasteiger partial charge in [0.1, 0.15) is 23.9 Å². The summed E-state index contributed by atoms with van der Waals surface area (Å²) in [6.45, 7) is 15.1. The second kappa shape index (κ2) is 15.9. The highest BCUT2D eigenvalue weighted by molar-refractivity contribution is 6.29. The smallest absolute Gasteiger partial charge is 0.259 e. The molecule has 0 bridgehead atoms. The van der Waals surface area contributed by atoms with Crippen LogP contribution in [-0.2, 0) is 6.61 Å². The van der Waals surface area contributed by atoms with Gasteiger partial charge in [0.2, 0.25) is 0 Å². The van der Waals surface area contributed by atoms with Gasteiger partial charge < -0.3 is 4.74 Å². The Kier molecular flexibility index (Phi) is 14.5. The Balaban J connectivity index is 0.00000141. The Hall–Kier alpha value is -2.87. The fraction of sp³-hybridized carbons (Fsp3) is 0.400. The van der Waals surface area contributed by atoms with E-state index in [-0.39, 0.29) is 28.9 Å². The third-order valence-electron chi connectivity index (χ3n) is 3.81. The van der Waals surface area contributed by atoms with Gasteiger partial charge in [0.25, 0.3) is 5.56 Å². The molecule has 3 aromatic rings. The van der Waals surface area contributed by atoms with Gasteiger partial charge in [-0.05, 0) is 19.4 Å². The zero-order valence-corrected chi connectivity index (χ0v) is 21.7. The summed E-state index contributed by atoms with van der Waals surface area (Å²) < 4.78 is 47.4. The van der Waals surface area contributed by atoms with Crippen molar-refractivity contribution in [2.45, 2.75) is 68.4 Å². The number of pyridine rings is 3. The largest absolute Gasteiger partial charge is 0.487 e. The predicted octanol–water partition coefficient (Wildman–Crippen LogP) is 7.36. The molecule has 0 spiro atoms. The normalized spacial score (nSPS) is 9.53. The first-order valence-corrected chi connectivity index (χ1v) is 11.5. The molecular formula is C25H33ClF3N3O2. The molecule has 0 saturated carbocycles. The molecule has 0 aromatic carbocycles. The van der Waals surface area contributed by atoms with Crippen molar-refractivity contribution in [3.8, 4) is 11.4 Å². The zero-order valence-electron chi connectivity index (χ0n) is 21.0. The van der Waals surface area contributed by atoms with Crippen LogP contribution >= 0.6 is 11.6 Å². The van der Waals surface area contributed by atoms with Crippen LogP contribution in [0.2, 0.25) is 5.15 Å². The molecule has 0 amide bonds. The highest BCUT2D eigenvalue weighted by atomic mass is 35.5. The maximum Gasteiger partial charge on any atom is 0.259 e. The average molecular weight is 500 g/mol. The summed E-state index contributed by atoms with van der Waals surface area (Å²) in [5.74, 6) is -2.34. The lowest BCUT2D eigenvalue weighted by Crippen LogP contribution is -2.22. The average Bonchev–Trinajstić information content (AvgIpc) is 2.81. The molecule has 34 heavy (non-hydrogen) atoms. The molecule has 0 unspecified atom stereocenters. The van der Waals surface area contributed by atoms with Crippen molar-refractivity contribution in [1.29, 1.82) is 0 Å². The lowest BCUT2D eigenvalue weighted by atomic mass is 10.2. The number of hydrogen-bond acceptors (Lipinski definition) is 4. The molecule has 5 nitrogen and oxygen atoms in total. The summed E-state index contributed by atoms with van der Waals surface area (Å²) in [5.41, 5.74) is 0.112. The third-order valence-corrected chi connectivity index (χ3v) is 4.07. The van der Waals surface area contributed by atoms with Gasteiger partial charge >= 0.3 is 0 Å². The number of aryl methyl sites for hydroxylation is 2. The summed E-state index contributed by atoms with van der Waals surface area (Å²) in [5, 5.41) is -0.347. The number of halogens is 4. The molecule has 188 valence electrons. The molecular weight excluding hydrogens is 467 g/mol. The summed E-state index contributed by atoms with van der Waals surface area (Å²) in [6, 6.07) is 3.30. The number of rotatable bonds is 4. The molecule has 0 aliphatic carbocycles. The lowest BCUT2D eigenvalue weighted by molar-refractivity contribution is 0.292. The van der Waals surface area contributed by atoms with Crippen LogP contribution in [0, 0.1) is 31.3 Å². The van der Waals surface area contributed by atoms with E-state index in [9.17, 15) is 18.0 Å². The molecule has 3 rings (SSSR count). The van der Waals surface area contributed by atoms with Crippen LogP contribution in [-0.4, -0.2) is 14.5 Å². The van der Waals surface area contributed by atoms with Crippen molar-refractivity contribution in [3.05, 3.63) is 80.5 Å². The molecule has 0 aliphatic rings. The highest BCUT2D eigenvalue weighted by Gasteiger charge is 2.17. The lowest BCUT2D eigenvalue weighted by Gasteiger charge is -2.15. The zero-order chi connectivity index (χ0) is 26.4. The number of aromatic nitrogens is 3. The Labute approximate surface area is 204 Å². The minimum atomic E-state index is -0.857. The summed E-state index contributed by atoms with van der Waals surface area (Å²) in [4.78, 5) is 19.8. The van der Waals surface area contributed by atoms with Crippen molar-refractivity contribution >= 4 is 11.6 Å². The second-order valence-electron chi connectivity index (χ2n) is 6.48. The van der Waals surface area contributed by atoms with Gasteiger partial charge in [-0.1, -0.05) is 59.6 Å². The standard InChI is InChI=1S/C18H13ClF3N3O2.C3H8.2C2H6/c1-9-6-24-18(19)16(22)17(9)25-10(2)3-12(5-15(25)26)27-8-14-13(21)4-11(20)7-23-14;1-3-2;2*1-2/h3-7H,8H2,1-2H3;3H2,1-2H3;2*1-2H3. The Morgan fingerprint density at radius 2 is 1.56 bits per heavy atom. The predicted molar refractivity (Wildman–Crippen MR) is 131 cm³/mol. The van der Waals surface area contributed by atoms with Crippen LogP contribution in [0.15, 0.2) is 35.4 Å². The number of ether oxygens (including phenoxy) is 1. The summed E-state index contributed by atoms with van der Waals surface area (Å²) >= 11 is 5.72. The molecule has 0 aliphatic heterocycles. The van der Waals surface area contributed by atoms with E-state index in [0.717, 1.165) is 16.8 Å². The minimum Gasteiger partial charge on any atom is -0.487 e. The van der Waals surface area contributed by atoms with Gasteiger partial charge in [-0.3, -0.25) is 14.3 Å². The van der Waals surface area contributed by atoms with E-state index in [0.29, 0.717) is 17.3 Å². The topological polar surface area (TPSA) is 57.0 Å². The van der Waals surface area contributed by atoms with E-state index < -0.39 is 23.0 Å². The number of nitrogens with zero attached hydrogens (tertiary/aromatic N) is 3. The molecule has 3 aromatic heterocycles. The monoisotopic (exact) mass is 499 g/mol. The van der Waals surface area contributed by atoms with Crippen molar-refractivity contribution in [2.24, 2.45) is 0 Å². The summed E-state index contributed by atoms with van der Waals surface area (Å²) in [6.07, 6.45) is 3.48. The molecule has 0 atom stereocenters.